The maximum atomic E-state index is 11.6. The van der Waals surface area contributed by atoms with E-state index >= 15 is 0 Å². The van der Waals surface area contributed by atoms with Gasteiger partial charge in [-0.15, -0.1) is 0 Å². The summed E-state index contributed by atoms with van der Waals surface area (Å²) in [6, 6.07) is 5.44. The average Bonchev–Trinajstić information content (AvgIpc) is 2.21. The van der Waals surface area contributed by atoms with Gasteiger partial charge in [0.2, 0.25) is 0 Å². The van der Waals surface area contributed by atoms with Crippen LogP contribution in [0, 0.1) is 12.3 Å². The van der Waals surface area contributed by atoms with Crippen LogP contribution in [0.3, 0.4) is 0 Å². The van der Waals surface area contributed by atoms with E-state index in [0.717, 1.165) is 15.7 Å². The Morgan fingerprint density at radius 2 is 2.00 bits per heavy atom. The van der Waals surface area contributed by atoms with Gasteiger partial charge in [-0.3, -0.25) is 0 Å². The Balaban J connectivity index is 2.55. The second-order valence-corrected chi connectivity index (χ2v) is 6.12. The van der Waals surface area contributed by atoms with Crippen molar-refractivity contribution in [1.82, 2.24) is 5.32 Å². The van der Waals surface area contributed by atoms with E-state index in [1.807, 2.05) is 31.2 Å². The highest BCUT2D eigenvalue weighted by Crippen LogP contribution is 2.19. The third kappa shape index (κ3) is 5.36. The van der Waals surface area contributed by atoms with E-state index in [1.165, 1.54) is 0 Å². The Kier molecular flexibility index (Phi) is 4.96. The van der Waals surface area contributed by atoms with Crippen molar-refractivity contribution in [2.24, 2.45) is 5.41 Å². The number of allylic oxidation sites excluding steroid dienone is 1. The molecule has 0 aliphatic rings. The van der Waals surface area contributed by atoms with Crippen LogP contribution in [-0.4, -0.2) is 6.03 Å². The second-order valence-electron chi connectivity index (χ2n) is 5.26. The van der Waals surface area contributed by atoms with E-state index in [0.29, 0.717) is 0 Å². The van der Waals surface area contributed by atoms with Gasteiger partial charge >= 0.3 is 6.03 Å². The molecule has 0 fully saturated rings. The molecule has 4 heteroatoms. The topological polar surface area (TPSA) is 41.1 Å². The first-order chi connectivity index (χ1) is 8.28. The summed E-state index contributed by atoms with van der Waals surface area (Å²) in [5.74, 6) is 0. The lowest BCUT2D eigenvalue weighted by atomic mass is 9.97. The summed E-state index contributed by atoms with van der Waals surface area (Å²) in [5, 5.41) is 5.45. The summed E-state index contributed by atoms with van der Waals surface area (Å²) in [5.41, 5.74) is 1.91. The molecule has 3 nitrogen and oxygen atoms in total. The number of halogens is 1. The number of aryl methyl sites for hydroxylation is 1. The second kappa shape index (κ2) is 6.05. The lowest BCUT2D eigenvalue weighted by Crippen LogP contribution is -2.24. The number of rotatable bonds is 2. The minimum Gasteiger partial charge on any atom is -0.315 e. The number of hydrogen-bond donors (Lipinski definition) is 2. The van der Waals surface area contributed by atoms with E-state index in [1.54, 1.807) is 6.20 Å². The first-order valence-corrected chi connectivity index (χ1v) is 6.58. The van der Waals surface area contributed by atoms with Crippen LogP contribution in [0.25, 0.3) is 0 Å². The molecule has 98 valence electrons. The standard InChI is InChI=1S/C14H19BrN2O/c1-10-9-11(5-6-12(10)15)17-13(18)16-8-7-14(2,3)4/h5-9H,1-4H3,(H2,16,17,18)/b8-7+. The summed E-state index contributed by atoms with van der Waals surface area (Å²) in [7, 11) is 0. The Hall–Kier alpha value is -1.29. The molecule has 1 aromatic rings. The molecule has 2 N–H and O–H groups in total. The highest BCUT2D eigenvalue weighted by molar-refractivity contribution is 9.10. The number of amides is 2. The van der Waals surface area contributed by atoms with Gasteiger partial charge in [0.15, 0.2) is 0 Å². The Morgan fingerprint density at radius 3 is 2.56 bits per heavy atom. The van der Waals surface area contributed by atoms with Crippen LogP contribution in [0.15, 0.2) is 34.9 Å². The summed E-state index contributed by atoms with van der Waals surface area (Å²) in [4.78, 5) is 11.6. The fourth-order valence-corrected chi connectivity index (χ4v) is 1.50. The van der Waals surface area contributed by atoms with Gasteiger partial charge in [-0.1, -0.05) is 42.8 Å². The molecule has 0 spiro atoms. The highest BCUT2D eigenvalue weighted by Gasteiger charge is 2.05. The van der Waals surface area contributed by atoms with Gasteiger partial charge in [0, 0.05) is 16.4 Å². The smallest absolute Gasteiger partial charge is 0.315 e. The molecule has 1 rings (SSSR count). The summed E-state index contributed by atoms with van der Waals surface area (Å²) in [6.07, 6.45) is 3.61. The molecule has 18 heavy (non-hydrogen) atoms. The maximum absolute atomic E-state index is 11.6. The summed E-state index contributed by atoms with van der Waals surface area (Å²) >= 11 is 3.42. The fraction of sp³-hybridized carbons (Fsp3) is 0.357. The third-order valence-corrected chi connectivity index (χ3v) is 3.10. The van der Waals surface area contributed by atoms with Crippen molar-refractivity contribution in [3.8, 4) is 0 Å². The number of urea groups is 1. The van der Waals surface area contributed by atoms with E-state index in [2.05, 4.69) is 47.3 Å². The summed E-state index contributed by atoms with van der Waals surface area (Å²) in [6.45, 7) is 8.19. The molecule has 0 saturated carbocycles. The van der Waals surface area contributed by atoms with Gasteiger partial charge in [0.1, 0.15) is 0 Å². The molecule has 2 amide bonds. The van der Waals surface area contributed by atoms with Crippen molar-refractivity contribution in [2.75, 3.05) is 5.32 Å². The Morgan fingerprint density at radius 1 is 1.33 bits per heavy atom. The van der Waals surface area contributed by atoms with E-state index in [-0.39, 0.29) is 11.4 Å². The number of benzene rings is 1. The van der Waals surface area contributed by atoms with Crippen LogP contribution >= 0.6 is 15.9 Å². The van der Waals surface area contributed by atoms with Gasteiger partial charge in [0.25, 0.3) is 0 Å². The lowest BCUT2D eigenvalue weighted by molar-refractivity contribution is 0.255. The summed E-state index contributed by atoms with van der Waals surface area (Å²) < 4.78 is 1.03. The Bertz CT molecular complexity index is 461. The molecule has 1 aromatic carbocycles. The first kappa shape index (κ1) is 14.8. The van der Waals surface area contributed by atoms with Gasteiger partial charge in [-0.05, 0) is 36.1 Å². The normalized spacial score (nSPS) is 11.6. The number of carbonyl (C=O) groups excluding carboxylic acids is 1. The van der Waals surface area contributed by atoms with Gasteiger partial charge < -0.3 is 10.6 Å². The molecule has 0 atom stereocenters. The van der Waals surface area contributed by atoms with Crippen LogP contribution in [0.4, 0.5) is 10.5 Å². The molecule has 0 bridgehead atoms. The van der Waals surface area contributed by atoms with Gasteiger partial charge in [-0.2, -0.15) is 0 Å². The van der Waals surface area contributed by atoms with Crippen LogP contribution in [-0.2, 0) is 0 Å². The van der Waals surface area contributed by atoms with E-state index in [9.17, 15) is 4.79 Å². The minimum absolute atomic E-state index is 0.0570. The molecule has 0 unspecified atom stereocenters. The molecular formula is C14H19BrN2O. The van der Waals surface area contributed by atoms with Gasteiger partial charge in [-0.25, -0.2) is 4.79 Å². The fourth-order valence-electron chi connectivity index (χ4n) is 1.26. The first-order valence-electron chi connectivity index (χ1n) is 5.79. The molecule has 0 aliphatic carbocycles. The third-order valence-electron chi connectivity index (χ3n) is 2.21. The zero-order chi connectivity index (χ0) is 13.8. The highest BCUT2D eigenvalue weighted by atomic mass is 79.9. The molecule has 0 aliphatic heterocycles. The van der Waals surface area contributed by atoms with Gasteiger partial charge in [0.05, 0.1) is 0 Å². The zero-order valence-corrected chi connectivity index (χ0v) is 12.8. The van der Waals surface area contributed by atoms with Crippen molar-refractivity contribution in [2.45, 2.75) is 27.7 Å². The molecule has 0 radical (unpaired) electrons. The maximum Gasteiger partial charge on any atom is 0.323 e. The predicted molar refractivity (Wildman–Crippen MR) is 79.6 cm³/mol. The molecule has 0 heterocycles. The molecular weight excluding hydrogens is 292 g/mol. The van der Waals surface area contributed by atoms with Crippen LogP contribution < -0.4 is 10.6 Å². The Labute approximate surface area is 117 Å². The largest absolute Gasteiger partial charge is 0.323 e. The van der Waals surface area contributed by atoms with Crippen molar-refractivity contribution < 1.29 is 4.79 Å². The van der Waals surface area contributed by atoms with Crippen LogP contribution in [0.1, 0.15) is 26.3 Å². The monoisotopic (exact) mass is 310 g/mol. The minimum atomic E-state index is -0.239. The van der Waals surface area contributed by atoms with Crippen LogP contribution in [0.5, 0.6) is 0 Å². The SMILES string of the molecule is Cc1cc(NC(=O)N/C=C/C(C)(C)C)ccc1Br. The van der Waals surface area contributed by atoms with E-state index < -0.39 is 0 Å². The number of nitrogens with one attached hydrogen (secondary N) is 2. The number of hydrogen-bond acceptors (Lipinski definition) is 1. The van der Waals surface area contributed by atoms with Crippen LogP contribution in [0.2, 0.25) is 0 Å². The molecule has 0 saturated heterocycles. The van der Waals surface area contributed by atoms with Crippen molar-refractivity contribution >= 4 is 27.6 Å². The zero-order valence-electron chi connectivity index (χ0n) is 11.2. The quantitative estimate of drug-likeness (QED) is 0.833. The predicted octanol–water partition coefficient (Wildman–Crippen LogP) is 4.44. The van der Waals surface area contributed by atoms with E-state index in [4.69, 9.17) is 0 Å². The average molecular weight is 311 g/mol. The van der Waals surface area contributed by atoms with Crippen molar-refractivity contribution in [3.63, 3.8) is 0 Å². The molecule has 0 aromatic heterocycles. The van der Waals surface area contributed by atoms with Crippen molar-refractivity contribution in [3.05, 3.63) is 40.5 Å². The number of anilines is 1. The lowest BCUT2D eigenvalue weighted by Gasteiger charge is -2.11. The van der Waals surface area contributed by atoms with Crippen molar-refractivity contribution in [1.29, 1.82) is 0 Å². The number of carbonyl (C=O) groups is 1.